The number of carbonyl (C=O) groups is 2. The fraction of sp³-hybridized carbons (Fsp3) is 0.571. The van der Waals surface area contributed by atoms with Crippen molar-refractivity contribution in [1.29, 1.82) is 0 Å². The molecule has 30 heavy (non-hydrogen) atoms. The number of ether oxygens (including phenoxy) is 2. The zero-order valence-electron chi connectivity index (χ0n) is 18.4. The van der Waals surface area contributed by atoms with Crippen LogP contribution in [0.15, 0.2) is 22.5 Å². The minimum atomic E-state index is -0.833. The summed E-state index contributed by atoms with van der Waals surface area (Å²) in [6.07, 6.45) is 0. The molecule has 1 aliphatic heterocycles. The predicted molar refractivity (Wildman–Crippen MR) is 116 cm³/mol. The normalized spacial score (nSPS) is 15.2. The van der Waals surface area contributed by atoms with Crippen LogP contribution >= 0.6 is 23.2 Å². The Morgan fingerprint density at radius 3 is 1.77 bits per heavy atom. The number of allylic oxidation sites excluding steroid dienone is 2. The van der Waals surface area contributed by atoms with Gasteiger partial charge in [-0.05, 0) is 25.7 Å². The Hall–Kier alpha value is -1.99. The fourth-order valence-corrected chi connectivity index (χ4v) is 3.49. The maximum absolute atomic E-state index is 13.0. The van der Waals surface area contributed by atoms with Crippen LogP contribution in [0.3, 0.4) is 0 Å². The lowest BCUT2D eigenvalue weighted by Gasteiger charge is -2.30. The molecule has 0 unspecified atom stereocenters. The van der Waals surface area contributed by atoms with Gasteiger partial charge in [-0.15, -0.1) is 0 Å². The maximum atomic E-state index is 13.0. The first-order chi connectivity index (χ1) is 14.0. The highest BCUT2D eigenvalue weighted by Crippen LogP contribution is 2.40. The van der Waals surface area contributed by atoms with E-state index in [0.717, 1.165) is 0 Å². The molecule has 0 amide bonds. The van der Waals surface area contributed by atoms with Crippen molar-refractivity contribution < 1.29 is 19.1 Å². The largest absolute Gasteiger partial charge is 0.462 e. The van der Waals surface area contributed by atoms with E-state index >= 15 is 0 Å². The van der Waals surface area contributed by atoms with E-state index in [0.29, 0.717) is 17.2 Å². The molecule has 1 aromatic rings. The summed E-state index contributed by atoms with van der Waals surface area (Å²) >= 11 is 12.4. The number of nitrogens with one attached hydrogen (secondary N) is 1. The summed E-state index contributed by atoms with van der Waals surface area (Å²) in [7, 11) is 1.68. The molecule has 9 heteroatoms. The summed E-state index contributed by atoms with van der Waals surface area (Å²) in [5.74, 6) is -1.21. The van der Waals surface area contributed by atoms with Crippen molar-refractivity contribution in [1.82, 2.24) is 14.9 Å². The minimum Gasteiger partial charge on any atom is -0.462 e. The first-order valence-electron chi connectivity index (χ1n) is 9.86. The van der Waals surface area contributed by atoms with Crippen LogP contribution in [0.2, 0.25) is 10.3 Å². The van der Waals surface area contributed by atoms with E-state index in [1.54, 1.807) is 25.5 Å². The Balaban J connectivity index is 2.60. The van der Waals surface area contributed by atoms with Crippen molar-refractivity contribution in [3.8, 4) is 0 Å². The van der Waals surface area contributed by atoms with Gasteiger partial charge in [0.05, 0.1) is 30.3 Å². The molecule has 7 nitrogen and oxygen atoms in total. The van der Waals surface area contributed by atoms with E-state index in [4.69, 9.17) is 32.7 Å². The number of nitrogens with zero attached hydrogens (tertiary/aromatic N) is 2. The van der Waals surface area contributed by atoms with Crippen LogP contribution in [0.1, 0.15) is 53.3 Å². The van der Waals surface area contributed by atoms with Gasteiger partial charge in [-0.2, -0.15) is 0 Å². The molecule has 166 valence electrons. The van der Waals surface area contributed by atoms with E-state index in [1.165, 1.54) is 0 Å². The lowest BCUT2D eigenvalue weighted by molar-refractivity contribution is -0.141. The second-order valence-corrected chi connectivity index (χ2v) is 8.95. The molecule has 0 aliphatic carbocycles. The number of hydrogen-bond donors (Lipinski definition) is 1. The monoisotopic (exact) mass is 457 g/mol. The molecule has 0 saturated heterocycles. The molecule has 0 spiro atoms. The van der Waals surface area contributed by atoms with Crippen LogP contribution < -0.4 is 5.32 Å². The number of carbonyl (C=O) groups excluding carboxylic acids is 2. The molecule has 0 aromatic carbocycles. The van der Waals surface area contributed by atoms with Crippen molar-refractivity contribution in [2.45, 2.75) is 47.5 Å². The Morgan fingerprint density at radius 1 is 1.00 bits per heavy atom. The summed E-state index contributed by atoms with van der Waals surface area (Å²) < 4.78 is 12.5. The third-order valence-corrected chi connectivity index (χ3v) is 5.37. The zero-order chi connectivity index (χ0) is 22.7. The number of halogens is 2. The Kier molecular flexibility index (Phi) is 7.99. The minimum absolute atomic E-state index is 0.0906. The number of imidazole rings is 1. The maximum Gasteiger partial charge on any atom is 0.336 e. The third kappa shape index (κ3) is 5.19. The average Bonchev–Trinajstić information content (AvgIpc) is 2.90. The van der Waals surface area contributed by atoms with Gasteiger partial charge in [0.1, 0.15) is 11.0 Å². The molecular weight excluding hydrogens is 429 g/mol. The van der Waals surface area contributed by atoms with Crippen LogP contribution in [0, 0.1) is 11.8 Å². The molecule has 1 aromatic heterocycles. The summed E-state index contributed by atoms with van der Waals surface area (Å²) in [6, 6.07) is 0. The lowest BCUT2D eigenvalue weighted by Crippen LogP contribution is -2.34. The molecule has 1 N–H and O–H groups in total. The standard InChI is InChI=1S/C21H29Cl2N3O4/c1-10(2)8-29-20(27)14-12(5)24-13(6)15(21(28)30-9-11(3)4)16(14)19-25-17(22)18(23)26(19)7/h10-11,16,24H,8-9H2,1-7H3. The smallest absolute Gasteiger partial charge is 0.336 e. The van der Waals surface area contributed by atoms with E-state index in [-0.39, 0.29) is 46.5 Å². The second-order valence-electron chi connectivity index (χ2n) is 8.23. The summed E-state index contributed by atoms with van der Waals surface area (Å²) in [6.45, 7) is 11.8. The molecule has 0 atom stereocenters. The molecule has 1 aliphatic rings. The van der Waals surface area contributed by atoms with Crippen LogP contribution in [0.4, 0.5) is 0 Å². The van der Waals surface area contributed by atoms with Gasteiger partial charge in [0.2, 0.25) is 0 Å². The second kappa shape index (κ2) is 9.88. The van der Waals surface area contributed by atoms with Crippen molar-refractivity contribution in [3.63, 3.8) is 0 Å². The Bertz CT molecular complexity index is 854. The summed E-state index contributed by atoms with van der Waals surface area (Å²) in [4.78, 5) is 30.4. The van der Waals surface area contributed by atoms with E-state index in [1.807, 2.05) is 27.7 Å². The van der Waals surface area contributed by atoms with E-state index < -0.39 is 17.9 Å². The highest BCUT2D eigenvalue weighted by Gasteiger charge is 2.41. The molecular formula is C21H29Cl2N3O4. The zero-order valence-corrected chi connectivity index (χ0v) is 19.9. The van der Waals surface area contributed by atoms with Crippen molar-refractivity contribution in [2.75, 3.05) is 13.2 Å². The first-order valence-corrected chi connectivity index (χ1v) is 10.6. The van der Waals surface area contributed by atoms with Gasteiger partial charge in [0.15, 0.2) is 5.15 Å². The highest BCUT2D eigenvalue weighted by atomic mass is 35.5. The Labute approximate surface area is 187 Å². The predicted octanol–water partition coefficient (Wildman–Crippen LogP) is 4.36. The van der Waals surface area contributed by atoms with Crippen molar-refractivity contribution in [3.05, 3.63) is 38.7 Å². The molecule has 2 rings (SSSR count). The molecule has 0 saturated carbocycles. The molecule has 0 bridgehead atoms. The highest BCUT2D eigenvalue weighted by molar-refractivity contribution is 6.40. The van der Waals surface area contributed by atoms with Crippen molar-refractivity contribution in [2.24, 2.45) is 18.9 Å². The fourth-order valence-electron chi connectivity index (χ4n) is 3.15. The van der Waals surface area contributed by atoms with Crippen LogP contribution in [0.25, 0.3) is 0 Å². The Morgan fingerprint density at radius 2 is 1.43 bits per heavy atom. The SMILES string of the molecule is CC1=C(C(=O)OCC(C)C)C(c2nc(Cl)c(Cl)n2C)C(C(=O)OCC(C)C)=C(C)N1. The van der Waals surface area contributed by atoms with Crippen LogP contribution in [-0.2, 0) is 26.1 Å². The quantitative estimate of drug-likeness (QED) is 0.612. The number of rotatable bonds is 7. The third-order valence-electron chi connectivity index (χ3n) is 4.57. The molecule has 0 radical (unpaired) electrons. The molecule has 2 heterocycles. The number of aromatic nitrogens is 2. The van der Waals surface area contributed by atoms with E-state index in [2.05, 4.69) is 10.3 Å². The van der Waals surface area contributed by atoms with Gasteiger partial charge < -0.3 is 19.4 Å². The van der Waals surface area contributed by atoms with Crippen LogP contribution in [0.5, 0.6) is 0 Å². The number of esters is 2. The van der Waals surface area contributed by atoms with Crippen molar-refractivity contribution >= 4 is 35.1 Å². The molecule has 0 fully saturated rings. The van der Waals surface area contributed by atoms with Crippen LogP contribution in [-0.4, -0.2) is 34.7 Å². The van der Waals surface area contributed by atoms with Gasteiger partial charge in [0, 0.05) is 18.4 Å². The van der Waals surface area contributed by atoms with E-state index in [9.17, 15) is 9.59 Å². The average molecular weight is 458 g/mol. The summed E-state index contributed by atoms with van der Waals surface area (Å²) in [5, 5.41) is 3.42. The van der Waals surface area contributed by atoms with Gasteiger partial charge in [0.25, 0.3) is 0 Å². The topological polar surface area (TPSA) is 82.5 Å². The first kappa shape index (κ1) is 24.3. The van der Waals surface area contributed by atoms with Gasteiger partial charge in [-0.3, -0.25) is 0 Å². The van der Waals surface area contributed by atoms with Gasteiger partial charge >= 0.3 is 11.9 Å². The van der Waals surface area contributed by atoms with Gasteiger partial charge in [-0.25, -0.2) is 14.6 Å². The number of hydrogen-bond acceptors (Lipinski definition) is 6. The summed E-state index contributed by atoms with van der Waals surface area (Å²) in [5.41, 5.74) is 1.70. The van der Waals surface area contributed by atoms with Gasteiger partial charge in [-0.1, -0.05) is 50.9 Å². The number of dihydropyridines is 1. The lowest BCUT2D eigenvalue weighted by atomic mass is 9.84.